The van der Waals surface area contributed by atoms with E-state index in [1.54, 1.807) is 24.3 Å². The minimum atomic E-state index is -0.373. The standard InChI is InChI=1S/C13H20N2O2/c1-2-3-4-5-10-14-11-12-6-8-13(9-7-12)15(16)17/h6-9,14H,2-5,10-11H2,1H3. The summed E-state index contributed by atoms with van der Waals surface area (Å²) in [7, 11) is 0. The molecule has 0 atom stereocenters. The molecule has 0 radical (unpaired) electrons. The highest BCUT2D eigenvalue weighted by Crippen LogP contribution is 2.11. The van der Waals surface area contributed by atoms with E-state index in [0.717, 1.165) is 18.7 Å². The molecule has 0 spiro atoms. The fraction of sp³-hybridized carbons (Fsp3) is 0.538. The highest BCUT2D eigenvalue weighted by atomic mass is 16.6. The van der Waals surface area contributed by atoms with Gasteiger partial charge in [0.1, 0.15) is 0 Å². The molecule has 1 N–H and O–H groups in total. The Kier molecular flexibility index (Phi) is 6.25. The molecule has 94 valence electrons. The van der Waals surface area contributed by atoms with Gasteiger partial charge in [-0.25, -0.2) is 0 Å². The van der Waals surface area contributed by atoms with Gasteiger partial charge in [-0.15, -0.1) is 0 Å². The number of benzene rings is 1. The van der Waals surface area contributed by atoms with E-state index in [1.807, 2.05) is 0 Å². The van der Waals surface area contributed by atoms with Gasteiger partial charge < -0.3 is 5.32 Å². The summed E-state index contributed by atoms with van der Waals surface area (Å²) < 4.78 is 0. The molecule has 4 heteroatoms. The van der Waals surface area contributed by atoms with Crippen molar-refractivity contribution in [3.05, 3.63) is 39.9 Å². The van der Waals surface area contributed by atoms with Gasteiger partial charge in [-0.05, 0) is 18.5 Å². The van der Waals surface area contributed by atoms with Crippen molar-refractivity contribution in [1.82, 2.24) is 5.32 Å². The predicted molar refractivity (Wildman–Crippen MR) is 68.9 cm³/mol. The van der Waals surface area contributed by atoms with Crippen molar-refractivity contribution in [2.45, 2.75) is 39.2 Å². The van der Waals surface area contributed by atoms with Crippen molar-refractivity contribution in [1.29, 1.82) is 0 Å². The summed E-state index contributed by atoms with van der Waals surface area (Å²) in [4.78, 5) is 10.1. The minimum absolute atomic E-state index is 0.150. The van der Waals surface area contributed by atoms with E-state index in [9.17, 15) is 10.1 Å². The number of hydrogen-bond donors (Lipinski definition) is 1. The summed E-state index contributed by atoms with van der Waals surface area (Å²) in [5.41, 5.74) is 1.24. The Hall–Kier alpha value is -1.42. The summed E-state index contributed by atoms with van der Waals surface area (Å²) in [6.45, 7) is 3.99. The number of nitro groups is 1. The van der Waals surface area contributed by atoms with Crippen LogP contribution in [-0.4, -0.2) is 11.5 Å². The number of unbranched alkanes of at least 4 members (excludes halogenated alkanes) is 3. The fourth-order valence-electron chi connectivity index (χ4n) is 1.65. The lowest BCUT2D eigenvalue weighted by atomic mass is 10.2. The number of hydrogen-bond acceptors (Lipinski definition) is 3. The van der Waals surface area contributed by atoms with Gasteiger partial charge in [-0.3, -0.25) is 10.1 Å². The molecule has 0 unspecified atom stereocenters. The Morgan fingerprint density at radius 1 is 1.18 bits per heavy atom. The Labute approximate surface area is 102 Å². The molecule has 0 heterocycles. The lowest BCUT2D eigenvalue weighted by Crippen LogP contribution is -2.14. The molecule has 1 aromatic rings. The highest BCUT2D eigenvalue weighted by molar-refractivity contribution is 5.32. The SMILES string of the molecule is CCCCCCNCc1ccc([N+](=O)[O-])cc1. The van der Waals surface area contributed by atoms with E-state index < -0.39 is 0 Å². The van der Waals surface area contributed by atoms with E-state index in [4.69, 9.17) is 0 Å². The summed E-state index contributed by atoms with van der Waals surface area (Å²) in [6, 6.07) is 6.70. The number of nitrogens with one attached hydrogen (secondary N) is 1. The molecule has 0 amide bonds. The Bertz CT molecular complexity index is 336. The van der Waals surface area contributed by atoms with Crippen molar-refractivity contribution < 1.29 is 4.92 Å². The quantitative estimate of drug-likeness (QED) is 0.428. The van der Waals surface area contributed by atoms with Gasteiger partial charge in [-0.1, -0.05) is 38.3 Å². The van der Waals surface area contributed by atoms with Gasteiger partial charge in [-0.2, -0.15) is 0 Å². The fourth-order valence-corrected chi connectivity index (χ4v) is 1.65. The normalized spacial score (nSPS) is 10.4. The van der Waals surface area contributed by atoms with Crippen molar-refractivity contribution in [2.24, 2.45) is 0 Å². The molecular weight excluding hydrogens is 216 g/mol. The molecule has 0 bridgehead atoms. The third kappa shape index (κ3) is 5.45. The zero-order valence-corrected chi connectivity index (χ0v) is 10.3. The lowest BCUT2D eigenvalue weighted by Gasteiger charge is -2.04. The number of nitrogens with zero attached hydrogens (tertiary/aromatic N) is 1. The average molecular weight is 236 g/mol. The molecule has 0 saturated heterocycles. The van der Waals surface area contributed by atoms with Crippen LogP contribution >= 0.6 is 0 Å². The lowest BCUT2D eigenvalue weighted by molar-refractivity contribution is -0.384. The summed E-state index contributed by atoms with van der Waals surface area (Å²) in [5, 5.41) is 13.8. The second kappa shape index (κ2) is 7.79. The monoisotopic (exact) mass is 236 g/mol. The van der Waals surface area contributed by atoms with Crippen LogP contribution in [-0.2, 0) is 6.54 Å². The maximum absolute atomic E-state index is 10.5. The number of rotatable bonds is 8. The summed E-state index contributed by atoms with van der Waals surface area (Å²) in [6.07, 6.45) is 5.01. The predicted octanol–water partition coefficient (Wildman–Crippen LogP) is 3.26. The first-order chi connectivity index (χ1) is 8.24. The molecule has 0 fully saturated rings. The molecule has 0 saturated carbocycles. The maximum atomic E-state index is 10.5. The molecule has 4 nitrogen and oxygen atoms in total. The number of nitro benzene ring substituents is 1. The molecule has 17 heavy (non-hydrogen) atoms. The Balaban J connectivity index is 2.21. The summed E-state index contributed by atoms with van der Waals surface area (Å²) >= 11 is 0. The first kappa shape index (κ1) is 13.6. The van der Waals surface area contributed by atoms with Crippen LogP contribution in [0, 0.1) is 10.1 Å². The first-order valence-corrected chi connectivity index (χ1v) is 6.18. The van der Waals surface area contributed by atoms with Crippen LogP contribution in [0.2, 0.25) is 0 Å². The highest BCUT2D eigenvalue weighted by Gasteiger charge is 2.03. The topological polar surface area (TPSA) is 55.2 Å². The van der Waals surface area contributed by atoms with Crippen LogP contribution in [0.15, 0.2) is 24.3 Å². The molecule has 0 aromatic heterocycles. The van der Waals surface area contributed by atoms with Crippen LogP contribution in [0.25, 0.3) is 0 Å². The summed E-state index contributed by atoms with van der Waals surface area (Å²) in [5.74, 6) is 0. The van der Waals surface area contributed by atoms with Gasteiger partial charge in [0.15, 0.2) is 0 Å². The van der Waals surface area contributed by atoms with Crippen LogP contribution in [0.3, 0.4) is 0 Å². The van der Waals surface area contributed by atoms with Crippen molar-refractivity contribution >= 4 is 5.69 Å². The maximum Gasteiger partial charge on any atom is 0.269 e. The molecule has 0 aliphatic heterocycles. The largest absolute Gasteiger partial charge is 0.313 e. The van der Waals surface area contributed by atoms with Gasteiger partial charge in [0.25, 0.3) is 5.69 Å². The van der Waals surface area contributed by atoms with Crippen LogP contribution in [0.1, 0.15) is 38.2 Å². The molecule has 0 aliphatic rings. The van der Waals surface area contributed by atoms with Crippen molar-refractivity contribution in [2.75, 3.05) is 6.54 Å². The zero-order chi connectivity index (χ0) is 12.5. The van der Waals surface area contributed by atoms with Gasteiger partial charge in [0.05, 0.1) is 4.92 Å². The van der Waals surface area contributed by atoms with Crippen LogP contribution < -0.4 is 5.32 Å². The Morgan fingerprint density at radius 3 is 2.47 bits per heavy atom. The Morgan fingerprint density at radius 2 is 1.88 bits per heavy atom. The number of non-ortho nitro benzene ring substituents is 1. The van der Waals surface area contributed by atoms with Crippen LogP contribution in [0.5, 0.6) is 0 Å². The smallest absolute Gasteiger partial charge is 0.269 e. The van der Waals surface area contributed by atoms with E-state index in [1.165, 1.54) is 25.7 Å². The van der Waals surface area contributed by atoms with Gasteiger partial charge in [0.2, 0.25) is 0 Å². The third-order valence-corrected chi connectivity index (χ3v) is 2.68. The van der Waals surface area contributed by atoms with Crippen molar-refractivity contribution in [3.8, 4) is 0 Å². The van der Waals surface area contributed by atoms with E-state index in [0.29, 0.717) is 0 Å². The average Bonchev–Trinajstić information content (AvgIpc) is 2.34. The zero-order valence-electron chi connectivity index (χ0n) is 10.3. The second-order valence-corrected chi connectivity index (χ2v) is 4.16. The van der Waals surface area contributed by atoms with E-state index in [-0.39, 0.29) is 10.6 Å². The van der Waals surface area contributed by atoms with Gasteiger partial charge >= 0.3 is 0 Å². The molecule has 0 aliphatic carbocycles. The van der Waals surface area contributed by atoms with Crippen molar-refractivity contribution in [3.63, 3.8) is 0 Å². The van der Waals surface area contributed by atoms with Crippen LogP contribution in [0.4, 0.5) is 5.69 Å². The van der Waals surface area contributed by atoms with Gasteiger partial charge in [0, 0.05) is 18.7 Å². The minimum Gasteiger partial charge on any atom is -0.313 e. The first-order valence-electron chi connectivity index (χ1n) is 6.18. The molecule has 1 aromatic carbocycles. The molecular formula is C13H20N2O2. The molecule has 1 rings (SSSR count). The van der Waals surface area contributed by atoms with E-state index >= 15 is 0 Å². The van der Waals surface area contributed by atoms with E-state index in [2.05, 4.69) is 12.2 Å². The third-order valence-electron chi connectivity index (χ3n) is 2.68. The second-order valence-electron chi connectivity index (χ2n) is 4.16.